The van der Waals surface area contributed by atoms with Crippen molar-refractivity contribution in [2.24, 2.45) is 4.99 Å². The molecule has 28 heavy (non-hydrogen) atoms. The summed E-state index contributed by atoms with van der Waals surface area (Å²) in [4.78, 5) is 16.0. The molecule has 0 radical (unpaired) electrons. The van der Waals surface area contributed by atoms with Gasteiger partial charge in [0.05, 0.1) is 11.1 Å². The number of anilines is 1. The van der Waals surface area contributed by atoms with Crippen LogP contribution < -0.4 is 4.90 Å². The molecule has 0 atom stereocenters. The third-order valence-corrected chi connectivity index (χ3v) is 5.72. The van der Waals surface area contributed by atoms with Gasteiger partial charge >= 0.3 is 6.01 Å². The number of aliphatic imine (C=N–C) groups is 1. The van der Waals surface area contributed by atoms with Crippen molar-refractivity contribution in [3.8, 4) is 0 Å². The second kappa shape index (κ2) is 7.70. The zero-order chi connectivity index (χ0) is 19.6. The molecule has 146 valence electrons. The topological polar surface area (TPSA) is 67.4 Å². The molecule has 0 unspecified atom stereocenters. The normalized spacial score (nSPS) is 18.6. The van der Waals surface area contributed by atoms with E-state index in [4.69, 9.17) is 9.51 Å². The van der Waals surface area contributed by atoms with Crippen LogP contribution in [0, 0.1) is 0 Å². The summed E-state index contributed by atoms with van der Waals surface area (Å²) in [5.74, 6) is 0.792. The summed E-state index contributed by atoms with van der Waals surface area (Å²) >= 11 is 0. The summed E-state index contributed by atoms with van der Waals surface area (Å²) in [5.41, 5.74) is 3.74. The molecule has 6 nitrogen and oxygen atoms in total. The first-order valence-corrected chi connectivity index (χ1v) is 10.0. The third kappa shape index (κ3) is 3.39. The van der Waals surface area contributed by atoms with Crippen molar-refractivity contribution >= 4 is 17.3 Å². The van der Waals surface area contributed by atoms with Crippen LogP contribution in [-0.4, -0.2) is 33.9 Å². The Kier molecular flexibility index (Phi) is 5.11. The van der Waals surface area contributed by atoms with Gasteiger partial charge in [0.1, 0.15) is 0 Å². The zero-order valence-corrected chi connectivity index (χ0v) is 16.7. The lowest BCUT2D eigenvalue weighted by molar-refractivity contribution is 0.272. The Bertz CT molecular complexity index is 895. The SMILES string of the molecule is C=C/C(=C\N=C(C)C)c1ccc(C2(c3noc(N4CCCC4)n3)CCC2)cn1. The predicted octanol–water partition coefficient (Wildman–Crippen LogP) is 4.54. The average molecular weight is 377 g/mol. The fourth-order valence-corrected chi connectivity index (χ4v) is 3.89. The summed E-state index contributed by atoms with van der Waals surface area (Å²) in [7, 11) is 0. The quantitative estimate of drug-likeness (QED) is 0.546. The molecule has 2 aromatic rings. The van der Waals surface area contributed by atoms with E-state index in [0.29, 0.717) is 6.01 Å². The Morgan fingerprint density at radius 3 is 2.57 bits per heavy atom. The number of hydrogen-bond donors (Lipinski definition) is 0. The molecule has 0 spiro atoms. The van der Waals surface area contributed by atoms with Crippen LogP contribution in [0.1, 0.15) is 63.0 Å². The highest BCUT2D eigenvalue weighted by Gasteiger charge is 2.45. The van der Waals surface area contributed by atoms with Crippen LogP contribution in [0.4, 0.5) is 6.01 Å². The van der Waals surface area contributed by atoms with E-state index in [1.807, 2.05) is 32.3 Å². The lowest BCUT2D eigenvalue weighted by Gasteiger charge is -2.39. The van der Waals surface area contributed by atoms with E-state index in [1.165, 1.54) is 12.8 Å². The average Bonchev–Trinajstić information content (AvgIpc) is 3.34. The van der Waals surface area contributed by atoms with Crippen LogP contribution in [0.5, 0.6) is 0 Å². The number of pyridine rings is 1. The summed E-state index contributed by atoms with van der Waals surface area (Å²) in [6, 6.07) is 4.83. The Hall–Kier alpha value is -2.76. The van der Waals surface area contributed by atoms with Gasteiger partial charge in [0.2, 0.25) is 0 Å². The number of aromatic nitrogens is 3. The van der Waals surface area contributed by atoms with Crippen molar-refractivity contribution in [2.75, 3.05) is 18.0 Å². The van der Waals surface area contributed by atoms with Gasteiger partial charge in [0, 0.05) is 36.8 Å². The number of allylic oxidation sites excluding steroid dienone is 2. The van der Waals surface area contributed by atoms with E-state index >= 15 is 0 Å². The minimum atomic E-state index is -0.177. The smallest absolute Gasteiger partial charge is 0.324 e. The van der Waals surface area contributed by atoms with Gasteiger partial charge in [-0.2, -0.15) is 4.98 Å². The summed E-state index contributed by atoms with van der Waals surface area (Å²) in [5, 5.41) is 4.35. The van der Waals surface area contributed by atoms with Crippen LogP contribution >= 0.6 is 0 Å². The number of nitrogens with zero attached hydrogens (tertiary/aromatic N) is 5. The lowest BCUT2D eigenvalue weighted by Crippen LogP contribution is -2.37. The predicted molar refractivity (Wildman–Crippen MR) is 112 cm³/mol. The fraction of sp³-hybridized carbons (Fsp3) is 0.455. The first kappa shape index (κ1) is 18.6. The minimum absolute atomic E-state index is 0.177. The number of hydrogen-bond acceptors (Lipinski definition) is 6. The molecule has 2 aliphatic rings. The second-order valence-electron chi connectivity index (χ2n) is 7.83. The van der Waals surface area contributed by atoms with E-state index < -0.39 is 0 Å². The van der Waals surface area contributed by atoms with Gasteiger partial charge in [-0.05, 0) is 51.2 Å². The molecule has 0 aromatic carbocycles. The van der Waals surface area contributed by atoms with Crippen molar-refractivity contribution in [2.45, 2.75) is 51.4 Å². The molecule has 0 bridgehead atoms. The van der Waals surface area contributed by atoms with Crippen molar-refractivity contribution < 1.29 is 4.52 Å². The molecule has 1 saturated carbocycles. The Balaban J connectivity index is 1.61. The van der Waals surface area contributed by atoms with Gasteiger partial charge < -0.3 is 9.42 Å². The van der Waals surface area contributed by atoms with E-state index in [9.17, 15) is 0 Å². The van der Waals surface area contributed by atoms with Crippen molar-refractivity contribution in [1.82, 2.24) is 15.1 Å². The van der Waals surface area contributed by atoms with Crippen LogP contribution in [0.2, 0.25) is 0 Å². The second-order valence-corrected chi connectivity index (χ2v) is 7.83. The van der Waals surface area contributed by atoms with E-state index in [1.54, 1.807) is 6.08 Å². The maximum absolute atomic E-state index is 5.59. The van der Waals surface area contributed by atoms with Gasteiger partial charge in [-0.3, -0.25) is 9.98 Å². The maximum atomic E-state index is 5.59. The van der Waals surface area contributed by atoms with E-state index in [2.05, 4.69) is 32.7 Å². The van der Waals surface area contributed by atoms with Crippen LogP contribution in [0.25, 0.3) is 5.57 Å². The van der Waals surface area contributed by atoms with E-state index in [-0.39, 0.29) is 5.41 Å². The van der Waals surface area contributed by atoms with Crippen LogP contribution in [0.15, 0.2) is 46.7 Å². The molecule has 1 aliphatic heterocycles. The molecule has 3 heterocycles. The van der Waals surface area contributed by atoms with Gasteiger partial charge in [-0.15, -0.1) is 0 Å². The van der Waals surface area contributed by atoms with Gasteiger partial charge in [0.15, 0.2) is 5.82 Å². The summed E-state index contributed by atoms with van der Waals surface area (Å²) in [6.07, 6.45) is 11.1. The Morgan fingerprint density at radius 2 is 2.00 bits per heavy atom. The number of rotatable bonds is 6. The van der Waals surface area contributed by atoms with Crippen molar-refractivity contribution in [3.05, 3.63) is 54.3 Å². The molecule has 0 amide bonds. The molecule has 2 fully saturated rings. The largest absolute Gasteiger partial charge is 0.324 e. The molecule has 0 N–H and O–H groups in total. The third-order valence-electron chi connectivity index (χ3n) is 5.72. The van der Waals surface area contributed by atoms with Crippen molar-refractivity contribution in [1.29, 1.82) is 0 Å². The van der Waals surface area contributed by atoms with Crippen LogP contribution in [0.3, 0.4) is 0 Å². The van der Waals surface area contributed by atoms with Gasteiger partial charge in [-0.25, -0.2) is 0 Å². The first-order chi connectivity index (χ1) is 13.6. The molecule has 1 aliphatic carbocycles. The first-order valence-electron chi connectivity index (χ1n) is 10.0. The zero-order valence-electron chi connectivity index (χ0n) is 16.7. The lowest BCUT2D eigenvalue weighted by atomic mass is 9.64. The molecule has 4 rings (SSSR count). The monoisotopic (exact) mass is 377 g/mol. The highest BCUT2D eigenvalue weighted by Crippen LogP contribution is 2.48. The molecular weight excluding hydrogens is 350 g/mol. The molecule has 1 saturated heterocycles. The summed E-state index contributed by atoms with van der Waals surface area (Å²) < 4.78 is 5.59. The molecule has 6 heteroatoms. The van der Waals surface area contributed by atoms with E-state index in [0.717, 1.165) is 60.7 Å². The highest BCUT2D eigenvalue weighted by atomic mass is 16.5. The van der Waals surface area contributed by atoms with Crippen LogP contribution in [-0.2, 0) is 5.41 Å². The van der Waals surface area contributed by atoms with Crippen molar-refractivity contribution in [3.63, 3.8) is 0 Å². The molecular formula is C22H27N5O. The Labute approximate surface area is 166 Å². The summed E-state index contributed by atoms with van der Waals surface area (Å²) in [6.45, 7) is 9.83. The van der Waals surface area contributed by atoms with Gasteiger partial charge in [0.25, 0.3) is 0 Å². The highest BCUT2D eigenvalue weighted by molar-refractivity contribution is 5.81. The maximum Gasteiger partial charge on any atom is 0.324 e. The standard InChI is InChI=1S/C22H27N5O/c1-4-17(14-23-16(2)3)19-9-8-18(15-24-19)22(10-7-11-22)20-25-21(28-26-20)27-12-5-6-13-27/h4,8-9,14-15H,1,5-7,10-13H2,2-3H3/b17-14+. The molecule has 2 aromatic heterocycles. The van der Waals surface area contributed by atoms with Gasteiger partial charge in [-0.1, -0.05) is 30.3 Å². The Morgan fingerprint density at radius 1 is 1.21 bits per heavy atom. The minimum Gasteiger partial charge on any atom is -0.324 e. The fourth-order valence-electron chi connectivity index (χ4n) is 3.89.